The van der Waals surface area contributed by atoms with E-state index in [1.54, 1.807) is 0 Å². The maximum atomic E-state index is 13.5. The summed E-state index contributed by atoms with van der Waals surface area (Å²) in [6, 6.07) is 6.50. The van der Waals surface area contributed by atoms with Gasteiger partial charge in [0.1, 0.15) is 5.82 Å². The normalized spacial score (nSPS) is 11.1. The molecule has 0 saturated carbocycles. The lowest BCUT2D eigenvalue weighted by molar-refractivity contribution is 0.147. The van der Waals surface area contributed by atoms with Crippen LogP contribution in [0.5, 0.6) is 0 Å². The SMILES string of the molecule is Fc1cccc(-c2ccc(Cl)c(Cl)c2Cl)c1C(F)F. The first-order valence-corrected chi connectivity index (χ1v) is 6.27. The van der Waals surface area contributed by atoms with Crippen molar-refractivity contribution in [2.24, 2.45) is 0 Å². The molecule has 0 radical (unpaired) electrons. The smallest absolute Gasteiger partial charge is 0.206 e. The van der Waals surface area contributed by atoms with Crippen LogP contribution in [-0.4, -0.2) is 0 Å². The van der Waals surface area contributed by atoms with Crippen LogP contribution in [0.3, 0.4) is 0 Å². The van der Waals surface area contributed by atoms with E-state index in [0.717, 1.165) is 6.07 Å². The molecule has 0 fully saturated rings. The van der Waals surface area contributed by atoms with Crippen molar-refractivity contribution in [1.29, 1.82) is 0 Å². The van der Waals surface area contributed by atoms with Gasteiger partial charge >= 0.3 is 0 Å². The Labute approximate surface area is 122 Å². The number of benzene rings is 2. The fourth-order valence-corrected chi connectivity index (χ4v) is 2.36. The zero-order valence-corrected chi connectivity index (χ0v) is 11.5. The minimum absolute atomic E-state index is 0.00133. The molecule has 2 rings (SSSR count). The van der Waals surface area contributed by atoms with Gasteiger partial charge in [-0.25, -0.2) is 13.2 Å². The second-order valence-electron chi connectivity index (χ2n) is 3.72. The Balaban J connectivity index is 2.73. The first kappa shape index (κ1) is 14.5. The first-order chi connectivity index (χ1) is 8.93. The average molecular weight is 326 g/mol. The topological polar surface area (TPSA) is 0 Å². The number of alkyl halides is 2. The Bertz CT molecular complexity index is 627. The second-order valence-corrected chi connectivity index (χ2v) is 4.89. The molecular weight excluding hydrogens is 319 g/mol. The number of hydrogen-bond acceptors (Lipinski definition) is 0. The molecule has 100 valence electrons. The van der Waals surface area contributed by atoms with Crippen molar-refractivity contribution in [2.75, 3.05) is 0 Å². The highest BCUT2D eigenvalue weighted by atomic mass is 35.5. The lowest BCUT2D eigenvalue weighted by Gasteiger charge is -2.12. The summed E-state index contributed by atoms with van der Waals surface area (Å²) < 4.78 is 39.4. The molecule has 0 amide bonds. The van der Waals surface area contributed by atoms with Gasteiger partial charge in [-0.3, -0.25) is 0 Å². The standard InChI is InChI=1S/C13H6Cl3F3/c14-8-5-4-7(11(15)12(8)16)6-2-1-3-9(17)10(6)13(18)19/h1-5,13H. The predicted octanol–water partition coefficient (Wildman–Crippen LogP) is 6.39. The molecule has 0 aromatic heterocycles. The molecule has 0 saturated heterocycles. The molecule has 0 nitrogen and oxygen atoms in total. The molecule has 6 heteroatoms. The maximum Gasteiger partial charge on any atom is 0.267 e. The van der Waals surface area contributed by atoms with Crippen LogP contribution in [0.1, 0.15) is 12.0 Å². The van der Waals surface area contributed by atoms with E-state index >= 15 is 0 Å². The van der Waals surface area contributed by atoms with Crippen LogP contribution in [-0.2, 0) is 0 Å². The monoisotopic (exact) mass is 324 g/mol. The molecule has 0 N–H and O–H groups in total. The van der Waals surface area contributed by atoms with Gasteiger partial charge in [-0.2, -0.15) is 0 Å². The fourth-order valence-electron chi connectivity index (χ4n) is 1.73. The van der Waals surface area contributed by atoms with Crippen molar-refractivity contribution >= 4 is 34.8 Å². The summed E-state index contributed by atoms with van der Waals surface area (Å²) >= 11 is 17.6. The van der Waals surface area contributed by atoms with Crippen LogP contribution in [0, 0.1) is 5.82 Å². The van der Waals surface area contributed by atoms with Crippen LogP contribution in [0.4, 0.5) is 13.2 Å². The average Bonchev–Trinajstić information content (AvgIpc) is 2.35. The number of rotatable bonds is 2. The molecule has 0 unspecified atom stereocenters. The van der Waals surface area contributed by atoms with E-state index in [1.165, 1.54) is 24.3 Å². The third kappa shape index (κ3) is 2.69. The summed E-state index contributed by atoms with van der Waals surface area (Å²) in [6.07, 6.45) is -2.96. The Hall–Kier alpha value is -0.900. The zero-order valence-electron chi connectivity index (χ0n) is 9.23. The van der Waals surface area contributed by atoms with Gasteiger partial charge in [0.25, 0.3) is 6.43 Å². The van der Waals surface area contributed by atoms with Crippen LogP contribution in [0.2, 0.25) is 15.1 Å². The maximum absolute atomic E-state index is 13.5. The number of hydrogen-bond donors (Lipinski definition) is 0. The molecule has 0 aliphatic heterocycles. The third-order valence-electron chi connectivity index (χ3n) is 2.60. The van der Waals surface area contributed by atoms with Gasteiger partial charge in [0.15, 0.2) is 0 Å². The Morgan fingerprint density at radius 1 is 0.842 bits per heavy atom. The summed E-state index contributed by atoms with van der Waals surface area (Å²) in [5.74, 6) is -0.991. The van der Waals surface area contributed by atoms with Crippen molar-refractivity contribution < 1.29 is 13.2 Å². The second kappa shape index (κ2) is 5.61. The van der Waals surface area contributed by atoms with E-state index in [4.69, 9.17) is 34.8 Å². The van der Waals surface area contributed by atoms with E-state index in [-0.39, 0.29) is 26.2 Å². The van der Waals surface area contributed by atoms with Crippen LogP contribution in [0.15, 0.2) is 30.3 Å². The van der Waals surface area contributed by atoms with E-state index in [1.807, 2.05) is 0 Å². The molecule has 0 atom stereocenters. The fraction of sp³-hybridized carbons (Fsp3) is 0.0769. The Kier molecular flexibility index (Phi) is 4.29. The highest BCUT2D eigenvalue weighted by molar-refractivity contribution is 6.49. The van der Waals surface area contributed by atoms with Crippen LogP contribution >= 0.6 is 34.8 Å². The lowest BCUT2D eigenvalue weighted by Crippen LogP contribution is -1.96. The molecule has 0 heterocycles. The van der Waals surface area contributed by atoms with Gasteiger partial charge in [-0.1, -0.05) is 53.0 Å². The summed E-state index contributed by atoms with van der Waals surface area (Å²) in [5.41, 5.74) is -0.493. The van der Waals surface area contributed by atoms with Gasteiger partial charge in [0.2, 0.25) is 0 Å². The van der Waals surface area contributed by atoms with E-state index in [2.05, 4.69) is 0 Å². The quantitative estimate of drug-likeness (QED) is 0.561. The van der Waals surface area contributed by atoms with Gasteiger partial charge in [0, 0.05) is 5.56 Å². The highest BCUT2D eigenvalue weighted by Crippen LogP contribution is 2.41. The van der Waals surface area contributed by atoms with Crippen LogP contribution < -0.4 is 0 Å². The van der Waals surface area contributed by atoms with Crippen molar-refractivity contribution in [3.63, 3.8) is 0 Å². The lowest BCUT2D eigenvalue weighted by atomic mass is 9.99. The molecule has 0 aliphatic carbocycles. The molecule has 2 aromatic rings. The van der Waals surface area contributed by atoms with Gasteiger partial charge < -0.3 is 0 Å². The zero-order chi connectivity index (χ0) is 14.2. The molecule has 0 spiro atoms. The third-order valence-corrected chi connectivity index (χ3v) is 3.89. The van der Waals surface area contributed by atoms with Crippen molar-refractivity contribution in [3.05, 3.63) is 56.8 Å². The largest absolute Gasteiger partial charge is 0.267 e. The minimum atomic E-state index is -2.96. The van der Waals surface area contributed by atoms with Crippen molar-refractivity contribution in [3.8, 4) is 11.1 Å². The molecule has 0 bridgehead atoms. The Morgan fingerprint density at radius 2 is 1.53 bits per heavy atom. The summed E-state index contributed by atoms with van der Waals surface area (Å²) in [7, 11) is 0. The summed E-state index contributed by atoms with van der Waals surface area (Å²) in [6.45, 7) is 0. The molecule has 2 aromatic carbocycles. The van der Waals surface area contributed by atoms with E-state index in [9.17, 15) is 13.2 Å². The van der Waals surface area contributed by atoms with Gasteiger partial charge in [-0.05, 0) is 17.7 Å². The molecule has 19 heavy (non-hydrogen) atoms. The minimum Gasteiger partial charge on any atom is -0.206 e. The van der Waals surface area contributed by atoms with E-state index < -0.39 is 17.8 Å². The van der Waals surface area contributed by atoms with Crippen LogP contribution in [0.25, 0.3) is 11.1 Å². The van der Waals surface area contributed by atoms with Gasteiger partial charge in [-0.15, -0.1) is 0 Å². The van der Waals surface area contributed by atoms with Crippen molar-refractivity contribution in [1.82, 2.24) is 0 Å². The summed E-state index contributed by atoms with van der Waals surface area (Å²) in [4.78, 5) is 0. The molecular formula is C13H6Cl3F3. The summed E-state index contributed by atoms with van der Waals surface area (Å²) in [5, 5.41) is 0.261. The first-order valence-electron chi connectivity index (χ1n) is 5.14. The van der Waals surface area contributed by atoms with Gasteiger partial charge in [0.05, 0.1) is 20.6 Å². The molecule has 0 aliphatic rings. The van der Waals surface area contributed by atoms with Crippen molar-refractivity contribution in [2.45, 2.75) is 6.43 Å². The van der Waals surface area contributed by atoms with E-state index in [0.29, 0.717) is 0 Å². The number of halogens is 6. The predicted molar refractivity (Wildman–Crippen MR) is 71.8 cm³/mol. The highest BCUT2D eigenvalue weighted by Gasteiger charge is 2.21. The Morgan fingerprint density at radius 3 is 2.16 bits per heavy atom.